The number of aryl methyl sites for hydroxylation is 1. The van der Waals surface area contributed by atoms with Crippen LogP contribution in [0.5, 0.6) is 0 Å². The predicted octanol–water partition coefficient (Wildman–Crippen LogP) is 3.65. The van der Waals surface area contributed by atoms with E-state index in [-0.39, 0.29) is 0 Å². The van der Waals surface area contributed by atoms with Gasteiger partial charge in [-0.1, -0.05) is 24.3 Å². The van der Waals surface area contributed by atoms with Crippen molar-refractivity contribution in [2.24, 2.45) is 0 Å². The predicted molar refractivity (Wildman–Crippen MR) is 98.8 cm³/mol. The quantitative estimate of drug-likeness (QED) is 0.845. The lowest BCUT2D eigenvalue weighted by molar-refractivity contribution is 0.566. The van der Waals surface area contributed by atoms with Crippen molar-refractivity contribution in [3.63, 3.8) is 0 Å². The normalized spacial score (nSPS) is 17.8. The average Bonchev–Trinajstić information content (AvgIpc) is 2.64. The molecule has 2 aliphatic rings. The Hall–Kier alpha value is -2.10. The van der Waals surface area contributed by atoms with Crippen molar-refractivity contribution in [1.29, 1.82) is 0 Å². The fourth-order valence-electron chi connectivity index (χ4n) is 3.82. The molecule has 0 N–H and O–H groups in total. The molecule has 0 spiro atoms. The van der Waals surface area contributed by atoms with Gasteiger partial charge in [-0.15, -0.1) is 0 Å². The molecule has 4 rings (SSSR count). The Labute approximate surface area is 144 Å². The maximum Gasteiger partial charge on any atom is 0.227 e. The minimum atomic E-state index is 0.923. The molecule has 2 aromatic rings. The lowest BCUT2D eigenvalue weighted by Gasteiger charge is -2.33. The van der Waals surface area contributed by atoms with E-state index in [4.69, 9.17) is 9.97 Å². The Morgan fingerprint density at radius 2 is 1.58 bits per heavy atom. The van der Waals surface area contributed by atoms with Crippen molar-refractivity contribution >= 4 is 11.8 Å². The van der Waals surface area contributed by atoms with Gasteiger partial charge in [-0.3, -0.25) is 0 Å². The van der Waals surface area contributed by atoms with E-state index in [1.165, 1.54) is 36.0 Å². The van der Waals surface area contributed by atoms with Gasteiger partial charge >= 0.3 is 0 Å². The third-order valence-corrected chi connectivity index (χ3v) is 5.42. The molecule has 0 aliphatic carbocycles. The Morgan fingerprint density at radius 3 is 2.38 bits per heavy atom. The third-order valence-electron chi connectivity index (χ3n) is 5.42. The van der Waals surface area contributed by atoms with Gasteiger partial charge in [0.1, 0.15) is 5.82 Å². The Morgan fingerprint density at radius 1 is 0.833 bits per heavy atom. The molecular formula is C20H26N4. The summed E-state index contributed by atoms with van der Waals surface area (Å²) in [6.45, 7) is 8.44. The van der Waals surface area contributed by atoms with Gasteiger partial charge in [0.05, 0.1) is 0 Å². The number of anilines is 2. The molecule has 4 nitrogen and oxygen atoms in total. The fraction of sp³-hybridized carbons (Fsp3) is 0.500. The summed E-state index contributed by atoms with van der Waals surface area (Å²) >= 11 is 0. The van der Waals surface area contributed by atoms with E-state index in [9.17, 15) is 0 Å². The second-order valence-corrected chi connectivity index (χ2v) is 7.05. The van der Waals surface area contributed by atoms with E-state index >= 15 is 0 Å². The molecule has 126 valence electrons. The summed E-state index contributed by atoms with van der Waals surface area (Å²) < 4.78 is 0. The zero-order valence-electron chi connectivity index (χ0n) is 14.8. The Bertz CT molecular complexity index is 734. The molecule has 1 saturated heterocycles. The van der Waals surface area contributed by atoms with Crippen LogP contribution < -0.4 is 9.80 Å². The molecule has 1 aromatic carbocycles. The second-order valence-electron chi connectivity index (χ2n) is 7.05. The number of fused-ring (bicyclic) bond motifs is 1. The zero-order chi connectivity index (χ0) is 16.5. The molecule has 0 radical (unpaired) electrons. The minimum Gasteiger partial charge on any atom is -0.352 e. The number of hydrogen-bond donors (Lipinski definition) is 0. The van der Waals surface area contributed by atoms with E-state index in [0.29, 0.717) is 0 Å². The van der Waals surface area contributed by atoms with Crippen LogP contribution in [0.1, 0.15) is 41.6 Å². The number of nitrogens with zero attached hydrogens (tertiary/aromatic N) is 4. The number of aromatic nitrogens is 2. The third kappa shape index (κ3) is 2.85. The smallest absolute Gasteiger partial charge is 0.227 e. The van der Waals surface area contributed by atoms with E-state index in [2.05, 4.69) is 47.9 Å². The van der Waals surface area contributed by atoms with E-state index in [1.807, 2.05) is 0 Å². The summed E-state index contributed by atoms with van der Waals surface area (Å²) in [6.07, 6.45) is 4.93. The molecule has 0 atom stereocenters. The summed E-state index contributed by atoms with van der Waals surface area (Å²) in [4.78, 5) is 14.6. The van der Waals surface area contributed by atoms with Crippen molar-refractivity contribution in [3.05, 3.63) is 46.6 Å². The molecule has 0 amide bonds. The fourth-order valence-corrected chi connectivity index (χ4v) is 3.82. The minimum absolute atomic E-state index is 0.923. The van der Waals surface area contributed by atoms with Crippen LogP contribution in [0.15, 0.2) is 24.3 Å². The summed E-state index contributed by atoms with van der Waals surface area (Å²) in [5.41, 5.74) is 5.24. The van der Waals surface area contributed by atoms with Crippen LogP contribution in [0.3, 0.4) is 0 Å². The van der Waals surface area contributed by atoms with Crippen molar-refractivity contribution in [1.82, 2.24) is 9.97 Å². The standard InChI is InChI=1S/C20H26N4/c1-15-16(2)21-20(23-11-6-3-7-12-23)22-19(15)24-13-10-17-8-4-5-9-18(17)14-24/h4-5,8-9H,3,6-7,10-14H2,1-2H3. The first-order valence-electron chi connectivity index (χ1n) is 9.14. The average molecular weight is 322 g/mol. The summed E-state index contributed by atoms with van der Waals surface area (Å²) in [7, 11) is 0. The first-order valence-corrected chi connectivity index (χ1v) is 9.14. The highest BCUT2D eigenvalue weighted by Gasteiger charge is 2.22. The van der Waals surface area contributed by atoms with Crippen molar-refractivity contribution in [2.75, 3.05) is 29.4 Å². The van der Waals surface area contributed by atoms with Gasteiger partial charge in [-0.05, 0) is 50.7 Å². The highest BCUT2D eigenvalue weighted by molar-refractivity contribution is 5.54. The lowest BCUT2D eigenvalue weighted by atomic mass is 9.99. The van der Waals surface area contributed by atoms with Crippen LogP contribution in [0.2, 0.25) is 0 Å². The SMILES string of the molecule is Cc1nc(N2CCCCC2)nc(N2CCc3ccccc3C2)c1C. The van der Waals surface area contributed by atoms with E-state index in [1.54, 1.807) is 0 Å². The summed E-state index contributed by atoms with van der Waals surface area (Å²) in [6, 6.07) is 8.78. The van der Waals surface area contributed by atoms with Crippen molar-refractivity contribution < 1.29 is 0 Å². The van der Waals surface area contributed by atoms with Crippen LogP contribution in [-0.2, 0) is 13.0 Å². The van der Waals surface area contributed by atoms with E-state index < -0.39 is 0 Å². The van der Waals surface area contributed by atoms with Crippen molar-refractivity contribution in [3.8, 4) is 0 Å². The molecule has 2 aliphatic heterocycles. The Kier molecular flexibility index (Phi) is 4.13. The molecule has 1 fully saturated rings. The molecule has 24 heavy (non-hydrogen) atoms. The van der Waals surface area contributed by atoms with Gasteiger partial charge in [0.25, 0.3) is 0 Å². The zero-order valence-corrected chi connectivity index (χ0v) is 14.8. The van der Waals surface area contributed by atoms with Gasteiger partial charge in [-0.25, -0.2) is 4.98 Å². The summed E-state index contributed by atoms with van der Waals surface area (Å²) in [5, 5.41) is 0. The molecule has 0 bridgehead atoms. The van der Waals surface area contributed by atoms with Crippen LogP contribution >= 0.6 is 0 Å². The summed E-state index contributed by atoms with van der Waals surface area (Å²) in [5.74, 6) is 2.05. The monoisotopic (exact) mass is 322 g/mol. The lowest BCUT2D eigenvalue weighted by Crippen LogP contribution is -2.34. The maximum absolute atomic E-state index is 4.99. The van der Waals surface area contributed by atoms with Gasteiger partial charge in [-0.2, -0.15) is 4.98 Å². The highest BCUT2D eigenvalue weighted by Crippen LogP contribution is 2.29. The molecule has 0 unspecified atom stereocenters. The first kappa shape index (κ1) is 15.4. The van der Waals surface area contributed by atoms with Gasteiger partial charge in [0.15, 0.2) is 0 Å². The molecule has 3 heterocycles. The van der Waals surface area contributed by atoms with Gasteiger partial charge < -0.3 is 9.80 Å². The second kappa shape index (κ2) is 6.42. The molecule has 4 heteroatoms. The van der Waals surface area contributed by atoms with Gasteiger partial charge in [0, 0.05) is 37.4 Å². The Balaban J connectivity index is 1.66. The largest absolute Gasteiger partial charge is 0.352 e. The van der Waals surface area contributed by atoms with Gasteiger partial charge in [0.2, 0.25) is 5.95 Å². The molecule has 0 saturated carbocycles. The number of hydrogen-bond acceptors (Lipinski definition) is 4. The highest BCUT2D eigenvalue weighted by atomic mass is 15.3. The molecule has 1 aromatic heterocycles. The first-order chi connectivity index (χ1) is 11.7. The number of benzene rings is 1. The van der Waals surface area contributed by atoms with Crippen LogP contribution in [-0.4, -0.2) is 29.6 Å². The number of rotatable bonds is 2. The van der Waals surface area contributed by atoms with Crippen LogP contribution in [0, 0.1) is 13.8 Å². The molecular weight excluding hydrogens is 296 g/mol. The van der Waals surface area contributed by atoms with Crippen molar-refractivity contribution in [2.45, 2.75) is 46.1 Å². The maximum atomic E-state index is 4.99. The number of piperidine rings is 1. The van der Waals surface area contributed by atoms with Crippen LogP contribution in [0.4, 0.5) is 11.8 Å². The van der Waals surface area contributed by atoms with Crippen LogP contribution in [0.25, 0.3) is 0 Å². The topological polar surface area (TPSA) is 32.3 Å². The van der Waals surface area contributed by atoms with E-state index in [0.717, 1.165) is 50.1 Å².